The van der Waals surface area contributed by atoms with Gasteiger partial charge in [-0.25, -0.2) is 0 Å². The first-order chi connectivity index (χ1) is 15.8. The van der Waals surface area contributed by atoms with Crippen molar-refractivity contribution < 1.29 is 26.3 Å². The molecule has 0 aliphatic carbocycles. The van der Waals surface area contributed by atoms with Crippen molar-refractivity contribution in [3.63, 3.8) is 0 Å². The molecule has 0 saturated carbocycles. The minimum Gasteiger partial charge on any atom is -0.366 e. The molecule has 0 atom stereocenters. The van der Waals surface area contributed by atoms with Crippen molar-refractivity contribution in [2.24, 2.45) is 0 Å². The fourth-order valence-corrected chi connectivity index (χ4v) is 4.34. The molecule has 0 bridgehead atoms. The van der Waals surface area contributed by atoms with Gasteiger partial charge in [-0.2, -0.15) is 26.3 Å². The topological polar surface area (TPSA) is 6.48 Å². The average molecular weight is 545 g/mol. The first kappa shape index (κ1) is 25.9. The van der Waals surface area contributed by atoms with Gasteiger partial charge in [0.25, 0.3) is 0 Å². The highest BCUT2D eigenvalue weighted by Crippen LogP contribution is 2.37. The lowest BCUT2D eigenvalue weighted by Gasteiger charge is -2.25. The summed E-state index contributed by atoms with van der Waals surface area (Å²) >= 11 is 3.57. The van der Waals surface area contributed by atoms with Gasteiger partial charge in [-0.15, -0.1) is 0 Å². The molecule has 0 radical (unpaired) electrons. The normalized spacial score (nSPS) is 12.2. The Morgan fingerprint density at radius 3 is 1.38 bits per heavy atom. The number of benzene rings is 3. The van der Waals surface area contributed by atoms with Gasteiger partial charge >= 0.3 is 12.4 Å². The van der Waals surface area contributed by atoms with Gasteiger partial charge < -0.3 is 9.80 Å². The number of anilines is 2. The van der Waals surface area contributed by atoms with Crippen molar-refractivity contribution in [3.8, 4) is 0 Å². The van der Waals surface area contributed by atoms with E-state index in [4.69, 9.17) is 0 Å². The Morgan fingerprint density at radius 1 is 0.647 bits per heavy atom. The van der Waals surface area contributed by atoms with E-state index < -0.39 is 25.4 Å². The van der Waals surface area contributed by atoms with Gasteiger partial charge in [-0.05, 0) is 47.0 Å². The van der Waals surface area contributed by atoms with Crippen LogP contribution in [-0.4, -0.2) is 39.5 Å². The van der Waals surface area contributed by atoms with Gasteiger partial charge in [0.1, 0.15) is 13.1 Å². The van der Waals surface area contributed by atoms with Crippen molar-refractivity contribution in [2.45, 2.75) is 18.3 Å². The van der Waals surface area contributed by atoms with E-state index in [0.29, 0.717) is 11.4 Å². The van der Waals surface area contributed by atoms with Crippen molar-refractivity contribution in [2.75, 3.05) is 37.0 Å². The number of rotatable bonds is 7. The first-order valence-corrected chi connectivity index (χ1v) is 11.1. The predicted molar refractivity (Wildman–Crippen MR) is 127 cm³/mol. The number of alkyl halides is 6. The molecule has 0 amide bonds. The maximum Gasteiger partial charge on any atom is 0.405 e. The molecule has 0 heterocycles. The largest absolute Gasteiger partial charge is 0.405 e. The number of hydrogen-bond acceptors (Lipinski definition) is 2. The van der Waals surface area contributed by atoms with Gasteiger partial charge in [0.15, 0.2) is 0 Å². The van der Waals surface area contributed by atoms with Crippen LogP contribution in [0.25, 0.3) is 0 Å². The summed E-state index contributed by atoms with van der Waals surface area (Å²) in [6.07, 6.45) is -8.63. The third-order valence-corrected chi connectivity index (χ3v) is 6.11. The smallest absolute Gasteiger partial charge is 0.366 e. The molecule has 0 fully saturated rings. The van der Waals surface area contributed by atoms with Crippen LogP contribution >= 0.6 is 15.9 Å². The van der Waals surface area contributed by atoms with Crippen molar-refractivity contribution in [3.05, 3.63) is 94.0 Å². The van der Waals surface area contributed by atoms with E-state index in [1.165, 1.54) is 14.1 Å². The molecule has 3 aromatic carbocycles. The van der Waals surface area contributed by atoms with Crippen LogP contribution in [0, 0.1) is 0 Å². The summed E-state index contributed by atoms with van der Waals surface area (Å²) in [4.78, 5) is 2.25. The van der Waals surface area contributed by atoms with Gasteiger partial charge in [0.2, 0.25) is 0 Å². The molecule has 0 N–H and O–H groups in total. The van der Waals surface area contributed by atoms with Gasteiger partial charge in [0.05, 0.1) is 0 Å². The van der Waals surface area contributed by atoms with E-state index in [2.05, 4.69) is 15.9 Å². The molecule has 2 nitrogen and oxygen atoms in total. The highest BCUT2D eigenvalue weighted by Gasteiger charge is 2.30. The Balaban J connectivity index is 1.95. The summed E-state index contributed by atoms with van der Waals surface area (Å²) in [7, 11) is 2.76. The quantitative estimate of drug-likeness (QED) is 0.223. The van der Waals surface area contributed by atoms with Gasteiger partial charge in [0, 0.05) is 35.9 Å². The number of halogens is 7. The van der Waals surface area contributed by atoms with Crippen LogP contribution in [-0.2, 0) is 0 Å². The molecule has 9 heteroatoms. The number of hydrogen-bond donors (Lipinski definition) is 0. The molecule has 0 saturated heterocycles. The Hall–Kier alpha value is -2.68. The minimum atomic E-state index is -4.31. The maximum atomic E-state index is 12.8. The van der Waals surface area contributed by atoms with Crippen LogP contribution in [0.15, 0.2) is 77.3 Å². The first-order valence-electron chi connectivity index (χ1n) is 10.3. The molecular weight excluding hydrogens is 522 g/mol. The van der Waals surface area contributed by atoms with Crippen LogP contribution in [0.1, 0.15) is 22.6 Å². The molecule has 34 heavy (non-hydrogen) atoms. The van der Waals surface area contributed by atoms with Crippen molar-refractivity contribution in [1.29, 1.82) is 0 Å². The third-order valence-electron chi connectivity index (χ3n) is 5.38. The van der Waals surface area contributed by atoms with Crippen LogP contribution < -0.4 is 9.80 Å². The van der Waals surface area contributed by atoms with Crippen LogP contribution in [0.5, 0.6) is 0 Å². The second kappa shape index (κ2) is 10.3. The molecule has 3 aromatic rings. The Kier molecular flexibility index (Phi) is 7.85. The second-order valence-electron chi connectivity index (χ2n) is 8.08. The van der Waals surface area contributed by atoms with Crippen molar-refractivity contribution >= 4 is 27.3 Å². The fourth-order valence-electron chi connectivity index (χ4n) is 3.82. The Bertz CT molecular complexity index is 1010. The van der Waals surface area contributed by atoms with E-state index >= 15 is 0 Å². The summed E-state index contributed by atoms with van der Waals surface area (Å²) in [6.45, 7) is -2.13. The van der Waals surface area contributed by atoms with Crippen LogP contribution in [0.2, 0.25) is 0 Å². The fraction of sp³-hybridized carbons (Fsp3) is 0.280. The summed E-state index contributed by atoms with van der Waals surface area (Å²) in [5.74, 6) is -0.278. The van der Waals surface area contributed by atoms with Crippen LogP contribution in [0.4, 0.5) is 37.7 Å². The molecule has 0 unspecified atom stereocenters. The lowest BCUT2D eigenvalue weighted by molar-refractivity contribution is -0.120. The molecule has 0 aromatic heterocycles. The monoisotopic (exact) mass is 544 g/mol. The average Bonchev–Trinajstić information content (AvgIpc) is 2.74. The lowest BCUT2D eigenvalue weighted by atomic mass is 9.85. The second-order valence-corrected chi connectivity index (χ2v) is 8.93. The van der Waals surface area contributed by atoms with E-state index in [0.717, 1.165) is 31.0 Å². The standard InChI is InChI=1S/C25H23BrF6N2/c1-33(15-24(27,28)29)19-11-7-17(8-12-19)23(21-5-3-4-6-22(21)26)18-9-13-20(14-10-18)34(2)16-25(30,31)32/h3-14,23H,15-16H2,1-2H3. The van der Waals surface area contributed by atoms with E-state index in [1.54, 1.807) is 48.5 Å². The molecule has 0 spiro atoms. The highest BCUT2D eigenvalue weighted by atomic mass is 79.9. The molecule has 0 aliphatic rings. The zero-order valence-corrected chi connectivity index (χ0v) is 20.0. The zero-order valence-electron chi connectivity index (χ0n) is 18.5. The Labute approximate surface area is 202 Å². The SMILES string of the molecule is CN(CC(F)(F)F)c1ccc(C(c2ccc(N(C)CC(F)(F)F)cc2)c2ccccc2Br)cc1. The van der Waals surface area contributed by atoms with E-state index in [1.807, 2.05) is 24.3 Å². The predicted octanol–water partition coefficient (Wildman–Crippen LogP) is 7.63. The minimum absolute atomic E-state index is 0.278. The van der Waals surface area contributed by atoms with Crippen LogP contribution in [0.3, 0.4) is 0 Å². The molecular formula is C25H23BrF6N2. The lowest BCUT2D eigenvalue weighted by Crippen LogP contribution is -2.30. The summed E-state index contributed by atoms with van der Waals surface area (Å²) in [6, 6.07) is 21.2. The van der Waals surface area contributed by atoms with Crippen molar-refractivity contribution in [1.82, 2.24) is 0 Å². The van der Waals surface area contributed by atoms with E-state index in [9.17, 15) is 26.3 Å². The van der Waals surface area contributed by atoms with E-state index in [-0.39, 0.29) is 5.92 Å². The zero-order chi connectivity index (χ0) is 25.1. The highest BCUT2D eigenvalue weighted by molar-refractivity contribution is 9.10. The summed E-state index contributed by atoms with van der Waals surface area (Å²) in [5.41, 5.74) is 3.46. The summed E-state index contributed by atoms with van der Waals surface area (Å²) in [5, 5.41) is 0. The Morgan fingerprint density at radius 2 is 1.03 bits per heavy atom. The molecule has 0 aliphatic heterocycles. The molecule has 182 valence electrons. The van der Waals surface area contributed by atoms with Gasteiger partial charge in [-0.3, -0.25) is 0 Å². The summed E-state index contributed by atoms with van der Waals surface area (Å²) < 4.78 is 77.4. The van der Waals surface area contributed by atoms with Gasteiger partial charge in [-0.1, -0.05) is 58.4 Å². The maximum absolute atomic E-state index is 12.8. The molecule has 3 rings (SSSR count). The number of nitrogens with zero attached hydrogens (tertiary/aromatic N) is 2. The third kappa shape index (κ3) is 6.91.